The van der Waals surface area contributed by atoms with E-state index in [0.717, 1.165) is 42.3 Å². The Bertz CT molecular complexity index is 1420. The van der Waals surface area contributed by atoms with Gasteiger partial charge in [-0.25, -0.2) is 9.59 Å². The number of carbonyl (C=O) groups excluding carboxylic acids is 1. The number of hydrogen-bond donors (Lipinski definition) is 10. The lowest BCUT2D eigenvalue weighted by Crippen LogP contribution is -2.48. The molecule has 1 fully saturated rings. The molecule has 13 nitrogen and oxygen atoms in total. The number of amides is 1. The molecule has 10 N–H and O–H groups in total. The molecule has 1 amide bonds. The van der Waals surface area contributed by atoms with E-state index < -0.39 is 48.9 Å². The Kier molecular flexibility index (Phi) is 14.5. The summed E-state index contributed by atoms with van der Waals surface area (Å²) in [5, 5.41) is 68.9. The van der Waals surface area contributed by atoms with Crippen molar-refractivity contribution in [3.63, 3.8) is 0 Å². The van der Waals surface area contributed by atoms with E-state index in [1.807, 2.05) is 36.4 Å². The molecular formula is C34H45N3O10. The van der Waals surface area contributed by atoms with Gasteiger partial charge in [0.2, 0.25) is 0 Å². The number of aliphatic hydroxyl groups excluding tert-OH is 5. The number of aromatic carboxylic acids is 2. The van der Waals surface area contributed by atoms with Gasteiger partial charge < -0.3 is 51.4 Å². The smallest absolute Gasteiger partial charge is 0.335 e. The molecule has 13 heteroatoms. The largest absolute Gasteiger partial charge is 0.478 e. The number of likely N-dealkylation sites (N-methyl/N-ethyl adjacent to an activating group) is 1. The zero-order valence-corrected chi connectivity index (χ0v) is 26.3. The van der Waals surface area contributed by atoms with Crippen LogP contribution in [0.25, 0.3) is 11.3 Å². The van der Waals surface area contributed by atoms with E-state index in [1.54, 1.807) is 7.05 Å². The van der Waals surface area contributed by atoms with E-state index in [0.29, 0.717) is 11.5 Å². The summed E-state index contributed by atoms with van der Waals surface area (Å²) in [4.78, 5) is 39.6. The molecule has 256 valence electrons. The maximum Gasteiger partial charge on any atom is 0.335 e. The van der Waals surface area contributed by atoms with Crippen LogP contribution in [0.5, 0.6) is 0 Å². The second-order valence-electron chi connectivity index (χ2n) is 11.7. The second-order valence-corrected chi connectivity index (χ2v) is 11.7. The number of benzene rings is 2. The fourth-order valence-corrected chi connectivity index (χ4v) is 5.53. The van der Waals surface area contributed by atoms with Gasteiger partial charge in [0, 0.05) is 23.6 Å². The predicted molar refractivity (Wildman–Crippen MR) is 174 cm³/mol. The molecule has 2 aromatic carbocycles. The van der Waals surface area contributed by atoms with Crippen molar-refractivity contribution >= 4 is 23.5 Å². The molecule has 4 atom stereocenters. The number of H-pyrrole nitrogens is 1. The number of aromatic amines is 1. The molecule has 0 bridgehead atoms. The molecule has 1 aliphatic rings. The average Bonchev–Trinajstić information content (AvgIpc) is 3.32. The molecule has 4 rings (SSSR count). The van der Waals surface area contributed by atoms with Crippen molar-refractivity contribution in [2.24, 2.45) is 5.92 Å². The Morgan fingerprint density at radius 2 is 1.40 bits per heavy atom. The van der Waals surface area contributed by atoms with E-state index in [9.17, 15) is 29.7 Å². The van der Waals surface area contributed by atoms with Crippen molar-refractivity contribution in [1.82, 2.24) is 10.3 Å². The van der Waals surface area contributed by atoms with Crippen LogP contribution in [0.15, 0.2) is 54.6 Å². The number of rotatable bonds is 13. The molecule has 1 heterocycles. The summed E-state index contributed by atoms with van der Waals surface area (Å²) in [6.45, 7) is -0.569. The van der Waals surface area contributed by atoms with Gasteiger partial charge in [0.25, 0.3) is 5.91 Å². The summed E-state index contributed by atoms with van der Waals surface area (Å²) < 4.78 is 0. The highest BCUT2D eigenvalue weighted by molar-refractivity contribution is 6.07. The average molecular weight is 656 g/mol. The number of aromatic nitrogens is 1. The number of carboxylic acids is 2. The van der Waals surface area contributed by atoms with Crippen LogP contribution in [0.3, 0.4) is 0 Å². The first-order chi connectivity index (χ1) is 22.4. The minimum atomic E-state index is -1.55. The molecule has 0 aliphatic heterocycles. The molecule has 0 spiro atoms. The van der Waals surface area contributed by atoms with Crippen molar-refractivity contribution < 1.29 is 50.1 Å². The van der Waals surface area contributed by atoms with Crippen LogP contribution in [-0.4, -0.2) is 103 Å². The number of carboxylic acid groups (broad SMARTS) is 2. The molecule has 1 aromatic heterocycles. The van der Waals surface area contributed by atoms with Gasteiger partial charge >= 0.3 is 11.9 Å². The summed E-state index contributed by atoms with van der Waals surface area (Å²) in [5.41, 5.74) is 2.85. The highest BCUT2D eigenvalue weighted by Crippen LogP contribution is 2.30. The van der Waals surface area contributed by atoms with Crippen LogP contribution in [0.2, 0.25) is 0 Å². The maximum atomic E-state index is 13.3. The minimum Gasteiger partial charge on any atom is -0.478 e. The van der Waals surface area contributed by atoms with Crippen LogP contribution < -0.4 is 10.6 Å². The van der Waals surface area contributed by atoms with Crippen LogP contribution in [0.1, 0.15) is 75.3 Å². The quantitative estimate of drug-likeness (QED) is 0.120. The van der Waals surface area contributed by atoms with E-state index in [1.165, 1.54) is 37.8 Å². The number of hydrogen-bond acceptors (Lipinski definition) is 9. The number of aliphatic hydroxyl groups is 5. The lowest BCUT2D eigenvalue weighted by Gasteiger charge is -2.25. The van der Waals surface area contributed by atoms with Gasteiger partial charge in [-0.05, 0) is 49.2 Å². The van der Waals surface area contributed by atoms with Gasteiger partial charge in [0.15, 0.2) is 0 Å². The zero-order valence-electron chi connectivity index (χ0n) is 26.3. The lowest BCUT2D eigenvalue weighted by atomic mass is 9.93. The highest BCUT2D eigenvalue weighted by Gasteiger charge is 2.29. The van der Waals surface area contributed by atoms with E-state index >= 15 is 0 Å². The Hall–Kier alpha value is -4.11. The third-order valence-corrected chi connectivity index (χ3v) is 8.12. The van der Waals surface area contributed by atoms with Gasteiger partial charge in [-0.1, -0.05) is 68.9 Å². The Morgan fingerprint density at radius 1 is 0.830 bits per heavy atom. The van der Waals surface area contributed by atoms with Gasteiger partial charge in [-0.3, -0.25) is 4.79 Å². The summed E-state index contributed by atoms with van der Waals surface area (Å²) in [6, 6.07) is 15.2. The van der Waals surface area contributed by atoms with E-state index in [-0.39, 0.29) is 23.4 Å². The van der Waals surface area contributed by atoms with Crippen molar-refractivity contribution in [2.75, 3.05) is 25.5 Å². The van der Waals surface area contributed by atoms with Crippen LogP contribution in [0, 0.1) is 5.92 Å². The molecule has 0 unspecified atom stereocenters. The van der Waals surface area contributed by atoms with Crippen molar-refractivity contribution in [1.29, 1.82) is 0 Å². The van der Waals surface area contributed by atoms with Crippen molar-refractivity contribution in [2.45, 2.75) is 69.4 Å². The lowest BCUT2D eigenvalue weighted by molar-refractivity contribution is -0.113. The first-order valence-corrected chi connectivity index (χ1v) is 15.6. The van der Waals surface area contributed by atoms with E-state index in [2.05, 4.69) is 15.6 Å². The van der Waals surface area contributed by atoms with Crippen LogP contribution in [-0.2, 0) is 6.42 Å². The summed E-state index contributed by atoms with van der Waals surface area (Å²) in [5.74, 6) is -2.44. The van der Waals surface area contributed by atoms with Gasteiger partial charge in [0.05, 0.1) is 29.4 Å². The van der Waals surface area contributed by atoms with Gasteiger partial charge in [-0.15, -0.1) is 0 Å². The first-order valence-electron chi connectivity index (χ1n) is 15.6. The predicted octanol–water partition coefficient (Wildman–Crippen LogP) is 2.49. The molecule has 1 saturated carbocycles. The third kappa shape index (κ3) is 11.0. The van der Waals surface area contributed by atoms with Gasteiger partial charge in [0.1, 0.15) is 18.3 Å². The van der Waals surface area contributed by atoms with Crippen molar-refractivity contribution in [3.8, 4) is 11.3 Å². The Balaban J connectivity index is 0.000000392. The third-order valence-electron chi connectivity index (χ3n) is 8.12. The number of nitrogens with one attached hydrogen (secondary N) is 3. The molecule has 47 heavy (non-hydrogen) atoms. The highest BCUT2D eigenvalue weighted by atomic mass is 16.4. The van der Waals surface area contributed by atoms with Crippen LogP contribution in [0.4, 0.5) is 5.69 Å². The minimum absolute atomic E-state index is 0.0936. The van der Waals surface area contributed by atoms with E-state index in [4.69, 9.17) is 20.4 Å². The topological polar surface area (TPSA) is 233 Å². The Morgan fingerprint density at radius 3 is 1.94 bits per heavy atom. The summed E-state index contributed by atoms with van der Waals surface area (Å²) in [6.07, 6.45) is 2.24. The normalized spacial score (nSPS) is 16.1. The van der Waals surface area contributed by atoms with Crippen LogP contribution >= 0.6 is 0 Å². The number of carbonyl (C=O) groups is 3. The van der Waals surface area contributed by atoms with Crippen molar-refractivity contribution in [3.05, 3.63) is 77.0 Å². The molecule has 0 saturated heterocycles. The SMILES string of the molecule is CNC[C@H](O)[C@@H](O)[C@H](O)[C@H](O)CO.O=C(O)c1cc(NC(=O)c2cc(-c3ccccc3)[nH]c2CC2CCCCCC2)cc(C(=O)O)c1. The monoisotopic (exact) mass is 655 g/mol. The number of anilines is 1. The molecular weight excluding hydrogens is 610 g/mol. The Labute approximate surface area is 272 Å². The first kappa shape index (κ1) is 37.3. The summed E-state index contributed by atoms with van der Waals surface area (Å²) in [7, 11) is 1.57. The maximum absolute atomic E-state index is 13.3. The molecule has 3 aromatic rings. The molecule has 1 aliphatic carbocycles. The fraction of sp³-hybridized carbons (Fsp3) is 0.441. The fourth-order valence-electron chi connectivity index (χ4n) is 5.53. The second kappa shape index (κ2) is 18.3. The van der Waals surface area contributed by atoms with Gasteiger partial charge in [-0.2, -0.15) is 0 Å². The molecule has 0 radical (unpaired) electrons. The summed E-state index contributed by atoms with van der Waals surface area (Å²) >= 11 is 0. The zero-order chi connectivity index (χ0) is 34.5. The standard InChI is InChI=1S/C27H28N2O5.C7H17NO5/c30-25(28-21-14-19(26(31)32)13-20(15-21)27(33)34)22-16-23(18-10-6-3-7-11-18)29-24(22)12-17-8-4-1-2-5-9-17;1-8-2-4(10)6(12)7(13)5(11)3-9/h3,6-7,10-11,13-17,29H,1-2,4-5,8-9,12H2,(H,28,30)(H,31,32)(H,33,34);4-13H,2-3H2,1H3/t;4-,5+,6+,7+/m.0/s1.